The van der Waals surface area contributed by atoms with Crippen LogP contribution in [0.1, 0.15) is 35.7 Å². The Morgan fingerprint density at radius 3 is 2.43 bits per heavy atom. The second-order valence-corrected chi connectivity index (χ2v) is 4.87. The number of carbonyl (C=O) groups excluding carboxylic acids is 3. The van der Waals surface area contributed by atoms with E-state index < -0.39 is 29.7 Å². The number of hydrogen-bond acceptors (Lipinski definition) is 4. The Hall–Kier alpha value is -2.38. The van der Waals surface area contributed by atoms with Crippen molar-refractivity contribution in [1.82, 2.24) is 5.32 Å². The summed E-state index contributed by atoms with van der Waals surface area (Å²) in [6.07, 6.45) is -4.54. The first-order valence-electron chi connectivity index (χ1n) is 6.70. The number of amides is 1. The predicted octanol–water partition coefficient (Wildman–Crippen LogP) is 2.35. The maximum atomic E-state index is 12.6. The number of halogens is 3. The number of nitrogens with one attached hydrogen (secondary N) is 1. The molecule has 1 atom stereocenters. The summed E-state index contributed by atoms with van der Waals surface area (Å²) in [7, 11) is 1.11. The normalized spacial score (nSPS) is 12.4. The fourth-order valence-electron chi connectivity index (χ4n) is 1.82. The minimum Gasteiger partial charge on any atom is -0.467 e. The molecule has 0 fully saturated rings. The van der Waals surface area contributed by atoms with Gasteiger partial charge >= 0.3 is 12.1 Å². The van der Waals surface area contributed by atoms with Crippen LogP contribution in [0.5, 0.6) is 0 Å². The molecule has 0 unspecified atom stereocenters. The number of alkyl halides is 3. The molecule has 0 aromatic heterocycles. The van der Waals surface area contributed by atoms with Gasteiger partial charge in [0.25, 0.3) is 5.91 Å². The molecule has 0 aliphatic rings. The first kappa shape index (κ1) is 18.7. The van der Waals surface area contributed by atoms with Crippen LogP contribution in [0.2, 0.25) is 0 Å². The van der Waals surface area contributed by atoms with E-state index in [1.165, 1.54) is 13.0 Å². The van der Waals surface area contributed by atoms with Crippen LogP contribution in [0.4, 0.5) is 13.2 Å². The van der Waals surface area contributed by atoms with Gasteiger partial charge in [-0.15, -0.1) is 0 Å². The molecule has 1 aromatic rings. The predicted molar refractivity (Wildman–Crippen MR) is 74.6 cm³/mol. The number of ketones is 1. The zero-order chi connectivity index (χ0) is 17.6. The summed E-state index contributed by atoms with van der Waals surface area (Å²) in [6, 6.07) is 2.72. The summed E-state index contributed by atoms with van der Waals surface area (Å²) in [4.78, 5) is 34.6. The quantitative estimate of drug-likeness (QED) is 0.812. The molecule has 0 saturated carbocycles. The molecule has 0 spiro atoms. The van der Waals surface area contributed by atoms with Gasteiger partial charge in [0, 0.05) is 12.0 Å². The van der Waals surface area contributed by atoms with Crippen molar-refractivity contribution in [3.8, 4) is 0 Å². The second kappa shape index (κ2) is 7.75. The Balaban J connectivity index is 2.90. The summed E-state index contributed by atoms with van der Waals surface area (Å²) in [5.74, 6) is -1.81. The largest absolute Gasteiger partial charge is 0.467 e. The van der Waals surface area contributed by atoms with Gasteiger partial charge in [-0.05, 0) is 31.5 Å². The van der Waals surface area contributed by atoms with Crippen LogP contribution in [-0.2, 0) is 20.5 Å². The van der Waals surface area contributed by atoms with E-state index in [9.17, 15) is 27.6 Å². The third-order valence-corrected chi connectivity index (χ3v) is 3.03. The summed E-state index contributed by atoms with van der Waals surface area (Å²) < 4.78 is 42.4. The van der Waals surface area contributed by atoms with E-state index in [1.54, 1.807) is 0 Å². The molecule has 23 heavy (non-hydrogen) atoms. The van der Waals surface area contributed by atoms with E-state index in [-0.39, 0.29) is 24.2 Å². The van der Waals surface area contributed by atoms with Crippen LogP contribution in [-0.4, -0.2) is 30.8 Å². The van der Waals surface area contributed by atoms with Gasteiger partial charge in [0.15, 0.2) is 0 Å². The minimum absolute atomic E-state index is 0.00665. The lowest BCUT2D eigenvalue weighted by Gasteiger charge is -2.16. The van der Waals surface area contributed by atoms with Crippen molar-refractivity contribution in [2.45, 2.75) is 32.0 Å². The van der Waals surface area contributed by atoms with Crippen LogP contribution < -0.4 is 5.32 Å². The second-order valence-electron chi connectivity index (χ2n) is 4.87. The van der Waals surface area contributed by atoms with Crippen molar-refractivity contribution in [3.05, 3.63) is 35.4 Å². The maximum Gasteiger partial charge on any atom is 0.416 e. The lowest BCUT2D eigenvalue weighted by Crippen LogP contribution is -2.41. The standard InChI is InChI=1S/C15H16F3NO4/c1-9(20)6-7-12(14(22)23-2)19-13(21)10-4-3-5-11(8-10)15(16,17)18/h3-5,8,12H,6-7H2,1-2H3,(H,19,21)/t12-/m0/s1. The van der Waals surface area contributed by atoms with Crippen molar-refractivity contribution in [2.24, 2.45) is 0 Å². The molecule has 0 heterocycles. The third-order valence-electron chi connectivity index (χ3n) is 3.03. The Morgan fingerprint density at radius 2 is 1.91 bits per heavy atom. The molecule has 5 nitrogen and oxygen atoms in total. The fraction of sp³-hybridized carbons (Fsp3) is 0.400. The maximum absolute atomic E-state index is 12.6. The van der Waals surface area contributed by atoms with E-state index in [0.29, 0.717) is 6.07 Å². The fourth-order valence-corrected chi connectivity index (χ4v) is 1.82. The summed E-state index contributed by atoms with van der Waals surface area (Å²) in [5, 5.41) is 2.28. The number of rotatable bonds is 6. The highest BCUT2D eigenvalue weighted by Gasteiger charge is 2.31. The van der Waals surface area contributed by atoms with Crippen molar-refractivity contribution in [3.63, 3.8) is 0 Å². The first-order chi connectivity index (χ1) is 10.6. The van der Waals surface area contributed by atoms with E-state index in [4.69, 9.17) is 0 Å². The first-order valence-corrected chi connectivity index (χ1v) is 6.70. The van der Waals surface area contributed by atoms with Gasteiger partial charge in [0.05, 0.1) is 12.7 Å². The van der Waals surface area contributed by atoms with Crippen LogP contribution in [0, 0.1) is 0 Å². The highest BCUT2D eigenvalue weighted by Crippen LogP contribution is 2.29. The molecule has 0 saturated heterocycles. The van der Waals surface area contributed by atoms with Gasteiger partial charge in [-0.3, -0.25) is 4.79 Å². The van der Waals surface area contributed by atoms with E-state index in [2.05, 4.69) is 10.1 Å². The third kappa shape index (κ3) is 5.72. The van der Waals surface area contributed by atoms with Crippen LogP contribution in [0.3, 0.4) is 0 Å². The van der Waals surface area contributed by atoms with Crippen molar-refractivity contribution in [1.29, 1.82) is 0 Å². The van der Waals surface area contributed by atoms with Gasteiger partial charge in [-0.1, -0.05) is 6.07 Å². The Bertz CT molecular complexity index is 599. The van der Waals surface area contributed by atoms with Gasteiger partial charge in [0.2, 0.25) is 0 Å². The molecule has 8 heteroatoms. The number of hydrogen-bond donors (Lipinski definition) is 1. The SMILES string of the molecule is COC(=O)[C@H](CCC(C)=O)NC(=O)c1cccc(C(F)(F)F)c1. The van der Waals surface area contributed by atoms with Crippen LogP contribution in [0.15, 0.2) is 24.3 Å². The summed E-state index contributed by atoms with van der Waals surface area (Å²) in [5.41, 5.74) is -1.21. The molecule has 0 aliphatic heterocycles. The molecule has 1 aromatic carbocycles. The van der Waals surface area contributed by atoms with Gasteiger partial charge in [-0.25, -0.2) is 4.79 Å². The lowest BCUT2D eigenvalue weighted by atomic mass is 10.1. The Labute approximate surface area is 130 Å². The minimum atomic E-state index is -4.58. The van der Waals surface area contributed by atoms with E-state index >= 15 is 0 Å². The summed E-state index contributed by atoms with van der Waals surface area (Å²) in [6.45, 7) is 1.32. The zero-order valence-corrected chi connectivity index (χ0v) is 12.6. The Kier molecular flexibility index (Phi) is 6.29. The number of esters is 1. The molecule has 1 amide bonds. The van der Waals surface area contributed by atoms with Crippen molar-refractivity contribution < 1.29 is 32.3 Å². The van der Waals surface area contributed by atoms with E-state index in [1.807, 2.05) is 0 Å². The number of carbonyl (C=O) groups is 3. The zero-order valence-electron chi connectivity index (χ0n) is 12.6. The van der Waals surface area contributed by atoms with E-state index in [0.717, 1.165) is 19.2 Å². The Morgan fingerprint density at radius 1 is 1.26 bits per heavy atom. The van der Waals surface area contributed by atoms with Crippen molar-refractivity contribution in [2.75, 3.05) is 7.11 Å². The molecule has 0 aliphatic carbocycles. The number of ether oxygens (including phenoxy) is 1. The van der Waals surface area contributed by atoms with Crippen LogP contribution >= 0.6 is 0 Å². The molecule has 0 bridgehead atoms. The molecule has 126 valence electrons. The number of benzene rings is 1. The molecule has 1 N–H and O–H groups in total. The molecular formula is C15H16F3NO4. The smallest absolute Gasteiger partial charge is 0.416 e. The highest BCUT2D eigenvalue weighted by molar-refractivity contribution is 5.97. The monoisotopic (exact) mass is 331 g/mol. The van der Waals surface area contributed by atoms with Crippen molar-refractivity contribution >= 4 is 17.7 Å². The van der Waals surface area contributed by atoms with Gasteiger partial charge in [-0.2, -0.15) is 13.2 Å². The number of methoxy groups -OCH3 is 1. The molecular weight excluding hydrogens is 315 g/mol. The number of Topliss-reactive ketones (excluding diaryl/α,β-unsaturated/α-hetero) is 1. The summed E-state index contributed by atoms with van der Waals surface area (Å²) >= 11 is 0. The lowest BCUT2D eigenvalue weighted by molar-refractivity contribution is -0.143. The average Bonchev–Trinajstić information content (AvgIpc) is 2.49. The van der Waals surface area contributed by atoms with Gasteiger partial charge in [0.1, 0.15) is 11.8 Å². The average molecular weight is 331 g/mol. The molecule has 0 radical (unpaired) electrons. The topological polar surface area (TPSA) is 72.5 Å². The highest BCUT2D eigenvalue weighted by atomic mass is 19.4. The van der Waals surface area contributed by atoms with Gasteiger partial charge < -0.3 is 14.8 Å². The molecule has 1 rings (SSSR count). The van der Waals surface area contributed by atoms with Crippen LogP contribution in [0.25, 0.3) is 0 Å².